The molecule has 2 aliphatic heterocycles. The molecule has 0 saturated carbocycles. The summed E-state index contributed by atoms with van der Waals surface area (Å²) in [6, 6.07) is 7.56. The Morgan fingerprint density at radius 2 is 1.90 bits per heavy atom. The summed E-state index contributed by atoms with van der Waals surface area (Å²) >= 11 is 1.29. The number of amides is 1. The number of thioether (sulfide) groups is 1. The summed E-state index contributed by atoms with van der Waals surface area (Å²) in [7, 11) is 3.24. The van der Waals surface area contributed by atoms with Crippen molar-refractivity contribution in [2.75, 3.05) is 14.2 Å². The van der Waals surface area contributed by atoms with E-state index in [2.05, 4.69) is 10.1 Å². The third-order valence-corrected chi connectivity index (χ3v) is 5.78. The minimum Gasteiger partial charge on any atom is -0.497 e. The second-order valence-corrected chi connectivity index (χ2v) is 8.00. The van der Waals surface area contributed by atoms with Gasteiger partial charge in [0.05, 0.1) is 30.5 Å². The first kappa shape index (κ1) is 20.0. The summed E-state index contributed by atoms with van der Waals surface area (Å²) in [6.45, 7) is 5.75. The molecule has 4 rings (SSSR count). The molecule has 0 unspecified atom stereocenters. The van der Waals surface area contributed by atoms with E-state index in [1.165, 1.54) is 16.8 Å². The number of aromatic nitrogens is 1. The average Bonchev–Trinajstić information content (AvgIpc) is 3.23. The fourth-order valence-corrected chi connectivity index (χ4v) is 4.25. The smallest absolute Gasteiger partial charge is 0.283 e. The predicted octanol–water partition coefficient (Wildman–Crippen LogP) is 3.75. The Morgan fingerprint density at radius 1 is 1.13 bits per heavy atom. The number of amidine groups is 2. The zero-order valence-electron chi connectivity index (χ0n) is 17.3. The predicted molar refractivity (Wildman–Crippen MR) is 119 cm³/mol. The maximum atomic E-state index is 12.6. The van der Waals surface area contributed by atoms with E-state index in [4.69, 9.17) is 14.9 Å². The van der Waals surface area contributed by atoms with Crippen molar-refractivity contribution < 1.29 is 14.3 Å². The van der Waals surface area contributed by atoms with Crippen molar-refractivity contribution in [3.63, 3.8) is 0 Å². The van der Waals surface area contributed by atoms with E-state index in [0.29, 0.717) is 16.7 Å². The van der Waals surface area contributed by atoms with E-state index >= 15 is 0 Å². The standard InChI is InChI=1S/C21H21N5O3S/c1-11-8-14(9-16-19(22)26-21(23-20(16)27)30-13(3)24-26)12(2)25(11)17-10-15(28-4)6-7-18(17)29-5/h6-10,22H,1-5H3/b16-9-,22-19?. The highest BCUT2D eigenvalue weighted by atomic mass is 32.2. The van der Waals surface area contributed by atoms with Crippen molar-refractivity contribution in [1.82, 2.24) is 9.58 Å². The second-order valence-electron chi connectivity index (χ2n) is 6.84. The van der Waals surface area contributed by atoms with Crippen LogP contribution in [-0.2, 0) is 4.79 Å². The van der Waals surface area contributed by atoms with Gasteiger partial charge in [-0.05, 0) is 62.4 Å². The normalized spacial score (nSPS) is 17.2. The number of hydrogen-bond donors (Lipinski definition) is 1. The Bertz CT molecular complexity index is 1180. The summed E-state index contributed by atoms with van der Waals surface area (Å²) in [5.74, 6) is 1.00. The molecule has 1 N–H and O–H groups in total. The van der Waals surface area contributed by atoms with Crippen LogP contribution >= 0.6 is 11.8 Å². The van der Waals surface area contributed by atoms with Crippen LogP contribution < -0.4 is 9.47 Å². The van der Waals surface area contributed by atoms with E-state index in [1.807, 2.05) is 49.6 Å². The molecule has 0 atom stereocenters. The molecule has 8 nitrogen and oxygen atoms in total. The van der Waals surface area contributed by atoms with E-state index in [9.17, 15) is 4.79 Å². The van der Waals surface area contributed by atoms with Crippen LogP contribution in [0.2, 0.25) is 0 Å². The van der Waals surface area contributed by atoms with Gasteiger partial charge in [-0.3, -0.25) is 10.2 Å². The molecule has 1 amide bonds. The van der Waals surface area contributed by atoms with Gasteiger partial charge in [-0.1, -0.05) is 0 Å². The average molecular weight is 423 g/mol. The first-order valence-corrected chi connectivity index (χ1v) is 10.0. The van der Waals surface area contributed by atoms with Crippen molar-refractivity contribution in [1.29, 1.82) is 5.41 Å². The largest absolute Gasteiger partial charge is 0.497 e. The lowest BCUT2D eigenvalue weighted by molar-refractivity contribution is -0.114. The van der Waals surface area contributed by atoms with Crippen LogP contribution in [-0.4, -0.2) is 45.7 Å². The summed E-state index contributed by atoms with van der Waals surface area (Å²) in [5, 5.41) is 15.3. The highest BCUT2D eigenvalue weighted by molar-refractivity contribution is 8.26. The fraction of sp³-hybridized carbons (Fsp3) is 0.238. The summed E-state index contributed by atoms with van der Waals surface area (Å²) < 4.78 is 12.9. The van der Waals surface area contributed by atoms with Gasteiger partial charge in [0.2, 0.25) is 5.17 Å². The van der Waals surface area contributed by atoms with Gasteiger partial charge < -0.3 is 14.0 Å². The molecule has 2 aliphatic rings. The molecule has 9 heteroatoms. The first-order valence-electron chi connectivity index (χ1n) is 9.22. The number of benzene rings is 1. The Labute approximate surface area is 178 Å². The lowest BCUT2D eigenvalue weighted by atomic mass is 10.1. The first-order chi connectivity index (χ1) is 14.3. The number of carbonyl (C=O) groups excluding carboxylic acids is 1. The maximum absolute atomic E-state index is 12.6. The van der Waals surface area contributed by atoms with E-state index in [0.717, 1.165) is 27.7 Å². The zero-order chi connectivity index (χ0) is 21.6. The van der Waals surface area contributed by atoms with Crippen LogP contribution in [0.3, 0.4) is 0 Å². The van der Waals surface area contributed by atoms with Gasteiger partial charge in [0, 0.05) is 17.5 Å². The van der Waals surface area contributed by atoms with E-state index < -0.39 is 5.91 Å². The fourth-order valence-electron chi connectivity index (χ4n) is 3.52. The van der Waals surface area contributed by atoms with Gasteiger partial charge in [-0.15, -0.1) is 0 Å². The number of rotatable bonds is 4. The molecule has 0 aliphatic carbocycles. The number of nitrogens with one attached hydrogen (secondary N) is 1. The molecule has 0 fully saturated rings. The second kappa shape index (κ2) is 7.49. The lowest BCUT2D eigenvalue weighted by Gasteiger charge is -2.20. The Kier molecular flexibility index (Phi) is 4.98. The molecular formula is C21H21N5O3S. The number of fused-ring (bicyclic) bond motifs is 1. The van der Waals surface area contributed by atoms with Crippen LogP contribution in [0.1, 0.15) is 23.9 Å². The third-order valence-electron chi connectivity index (χ3n) is 4.95. The molecule has 1 aromatic carbocycles. The Balaban J connectivity index is 1.81. The summed E-state index contributed by atoms with van der Waals surface area (Å²) in [5.41, 5.74) is 3.71. The van der Waals surface area contributed by atoms with Crippen LogP contribution in [0, 0.1) is 19.3 Å². The highest BCUT2D eigenvalue weighted by Gasteiger charge is 2.34. The number of carbonyl (C=O) groups is 1. The molecule has 2 aromatic rings. The molecule has 3 heterocycles. The van der Waals surface area contributed by atoms with Crippen molar-refractivity contribution >= 4 is 39.8 Å². The van der Waals surface area contributed by atoms with E-state index in [1.54, 1.807) is 20.3 Å². The van der Waals surface area contributed by atoms with Crippen LogP contribution in [0.25, 0.3) is 11.8 Å². The highest BCUT2D eigenvalue weighted by Crippen LogP contribution is 2.33. The molecule has 0 bridgehead atoms. The monoisotopic (exact) mass is 423 g/mol. The van der Waals surface area contributed by atoms with E-state index in [-0.39, 0.29) is 11.4 Å². The maximum Gasteiger partial charge on any atom is 0.283 e. The number of hydrazone groups is 1. The van der Waals surface area contributed by atoms with Gasteiger partial charge >= 0.3 is 0 Å². The minimum absolute atomic E-state index is 0.0260. The number of methoxy groups -OCH3 is 2. The molecular weight excluding hydrogens is 402 g/mol. The number of aryl methyl sites for hydroxylation is 1. The van der Waals surface area contributed by atoms with Crippen molar-refractivity contribution in [2.24, 2.45) is 10.1 Å². The molecule has 1 aromatic heterocycles. The van der Waals surface area contributed by atoms with Crippen LogP contribution in [0.15, 0.2) is 39.9 Å². The van der Waals surface area contributed by atoms with Gasteiger partial charge in [-0.25, -0.2) is 0 Å². The zero-order valence-corrected chi connectivity index (χ0v) is 18.1. The van der Waals surface area contributed by atoms with Crippen molar-refractivity contribution in [2.45, 2.75) is 20.8 Å². The van der Waals surface area contributed by atoms with Crippen LogP contribution in [0.4, 0.5) is 0 Å². The topological polar surface area (TPSA) is 92.3 Å². The lowest BCUT2D eigenvalue weighted by Crippen LogP contribution is -2.35. The van der Waals surface area contributed by atoms with Crippen molar-refractivity contribution in [3.05, 3.63) is 46.8 Å². The molecule has 154 valence electrons. The summed E-state index contributed by atoms with van der Waals surface area (Å²) in [6.07, 6.45) is 1.70. The van der Waals surface area contributed by atoms with Gasteiger partial charge in [0.25, 0.3) is 5.91 Å². The number of nitrogens with zero attached hydrogens (tertiary/aromatic N) is 4. The SMILES string of the molecule is COc1ccc(OC)c(-n2c(C)cc(/C=C3/C(=N)N4N=C(C)SC4=NC3=O)c2C)c1. The summed E-state index contributed by atoms with van der Waals surface area (Å²) in [4.78, 5) is 16.7. The Hall–Kier alpha value is -3.33. The van der Waals surface area contributed by atoms with Gasteiger partial charge in [0.1, 0.15) is 11.5 Å². The number of ether oxygens (including phenoxy) is 2. The molecule has 0 radical (unpaired) electrons. The Morgan fingerprint density at radius 3 is 2.60 bits per heavy atom. The van der Waals surface area contributed by atoms with Gasteiger partial charge in [0.15, 0.2) is 5.84 Å². The third kappa shape index (κ3) is 3.21. The van der Waals surface area contributed by atoms with Crippen molar-refractivity contribution in [3.8, 4) is 17.2 Å². The molecule has 30 heavy (non-hydrogen) atoms. The number of hydrogen-bond acceptors (Lipinski definition) is 6. The minimum atomic E-state index is -0.438. The molecule has 0 spiro atoms. The number of aliphatic imine (C=N–C) groups is 1. The quantitative estimate of drug-likeness (QED) is 0.756. The van der Waals surface area contributed by atoms with Gasteiger partial charge in [-0.2, -0.15) is 15.1 Å². The van der Waals surface area contributed by atoms with Crippen LogP contribution in [0.5, 0.6) is 11.5 Å². The molecule has 0 saturated heterocycles.